The van der Waals surface area contributed by atoms with E-state index < -0.39 is 5.60 Å². The summed E-state index contributed by atoms with van der Waals surface area (Å²) in [4.78, 5) is 27.4. The van der Waals surface area contributed by atoms with E-state index in [0.29, 0.717) is 37.0 Å². The number of ether oxygens (including phenoxy) is 1. The minimum Gasteiger partial charge on any atom is -0.497 e. The van der Waals surface area contributed by atoms with Crippen LogP contribution in [0, 0.1) is 0 Å². The minimum absolute atomic E-state index is 0.0623. The van der Waals surface area contributed by atoms with Gasteiger partial charge in [0.2, 0.25) is 0 Å². The van der Waals surface area contributed by atoms with Crippen LogP contribution in [0.2, 0.25) is 0 Å². The molecule has 0 atom stereocenters. The van der Waals surface area contributed by atoms with Gasteiger partial charge < -0.3 is 14.7 Å². The molecule has 0 unspecified atom stereocenters. The second-order valence-electron chi connectivity index (χ2n) is 8.73. The SMILES string of the molecule is COc1cccc(-c2ccc(C(=O)N3CCC(O)(Cn4cnn5cccc5c4=O)CC3)cc2)c1. The first-order valence-electron chi connectivity index (χ1n) is 11.2. The Kier molecular flexibility index (Phi) is 5.67. The Morgan fingerprint density at radius 2 is 1.82 bits per heavy atom. The molecule has 0 spiro atoms. The first kappa shape index (κ1) is 21.9. The standard InChI is InChI=1S/C26H26N4O4/c1-34-22-5-2-4-21(16-22)19-7-9-20(10-8-19)24(31)28-14-11-26(33,12-15-28)17-29-18-27-30-13-3-6-23(30)25(29)32/h2-10,13,16,18,33H,11-12,14-15,17H2,1H3. The van der Waals surface area contributed by atoms with Crippen molar-refractivity contribution in [3.63, 3.8) is 0 Å². The number of nitrogens with zero attached hydrogens (tertiary/aromatic N) is 4. The normalized spacial score (nSPS) is 15.4. The van der Waals surface area contributed by atoms with Crippen molar-refractivity contribution in [3.8, 4) is 16.9 Å². The van der Waals surface area contributed by atoms with Crippen molar-refractivity contribution < 1.29 is 14.6 Å². The van der Waals surface area contributed by atoms with Crippen LogP contribution in [0.25, 0.3) is 16.6 Å². The monoisotopic (exact) mass is 458 g/mol. The van der Waals surface area contributed by atoms with Gasteiger partial charge in [-0.2, -0.15) is 5.10 Å². The topological polar surface area (TPSA) is 89.1 Å². The molecule has 1 aliphatic rings. The number of carbonyl (C=O) groups excluding carboxylic acids is 1. The number of fused-ring (bicyclic) bond motifs is 1. The fraction of sp³-hybridized carbons (Fsp3) is 0.269. The molecule has 0 bridgehead atoms. The van der Waals surface area contributed by atoms with Gasteiger partial charge in [0, 0.05) is 24.8 Å². The van der Waals surface area contributed by atoms with E-state index in [2.05, 4.69) is 5.10 Å². The third-order valence-corrected chi connectivity index (χ3v) is 6.50. The Morgan fingerprint density at radius 3 is 2.56 bits per heavy atom. The van der Waals surface area contributed by atoms with Crippen molar-refractivity contribution in [3.05, 3.63) is 89.1 Å². The summed E-state index contributed by atoms with van der Waals surface area (Å²) in [6.45, 7) is 0.989. The molecule has 1 fully saturated rings. The lowest BCUT2D eigenvalue weighted by Crippen LogP contribution is -2.49. The predicted octanol–water partition coefficient (Wildman–Crippen LogP) is 2.84. The van der Waals surface area contributed by atoms with Gasteiger partial charge in [-0.15, -0.1) is 0 Å². The quantitative estimate of drug-likeness (QED) is 0.497. The largest absolute Gasteiger partial charge is 0.497 e. The highest BCUT2D eigenvalue weighted by atomic mass is 16.5. The summed E-state index contributed by atoms with van der Waals surface area (Å²) in [6, 6.07) is 18.8. The smallest absolute Gasteiger partial charge is 0.277 e. The minimum atomic E-state index is -1.07. The van der Waals surface area contributed by atoms with Gasteiger partial charge >= 0.3 is 0 Å². The van der Waals surface area contributed by atoms with Gasteiger partial charge in [0.15, 0.2) is 0 Å². The third kappa shape index (κ3) is 4.20. The van der Waals surface area contributed by atoms with E-state index in [1.165, 1.54) is 15.4 Å². The van der Waals surface area contributed by atoms with Gasteiger partial charge in [0.05, 0.1) is 19.3 Å². The van der Waals surface area contributed by atoms with E-state index >= 15 is 0 Å². The Hall–Kier alpha value is -3.91. The van der Waals surface area contributed by atoms with Crippen LogP contribution >= 0.6 is 0 Å². The number of aliphatic hydroxyl groups is 1. The average Bonchev–Trinajstić information content (AvgIpc) is 3.36. The van der Waals surface area contributed by atoms with E-state index in [1.807, 2.05) is 48.5 Å². The van der Waals surface area contributed by atoms with E-state index in [9.17, 15) is 14.7 Å². The number of methoxy groups -OCH3 is 1. The molecule has 0 saturated carbocycles. The fourth-order valence-corrected chi connectivity index (χ4v) is 4.46. The highest BCUT2D eigenvalue weighted by Gasteiger charge is 2.35. The molecular weight excluding hydrogens is 432 g/mol. The average molecular weight is 459 g/mol. The number of aromatic nitrogens is 3. The molecule has 1 aliphatic heterocycles. The van der Waals surface area contributed by atoms with Gasteiger partial charge in [-0.1, -0.05) is 24.3 Å². The maximum atomic E-state index is 13.0. The molecule has 1 saturated heterocycles. The van der Waals surface area contributed by atoms with E-state index in [0.717, 1.165) is 16.9 Å². The van der Waals surface area contributed by atoms with Gasteiger partial charge in [0.25, 0.3) is 11.5 Å². The second-order valence-corrected chi connectivity index (χ2v) is 8.73. The molecule has 3 heterocycles. The van der Waals surface area contributed by atoms with E-state index in [-0.39, 0.29) is 18.0 Å². The number of likely N-dealkylation sites (tertiary alicyclic amines) is 1. The summed E-state index contributed by atoms with van der Waals surface area (Å²) >= 11 is 0. The third-order valence-electron chi connectivity index (χ3n) is 6.50. The van der Waals surface area contributed by atoms with Crippen molar-refractivity contribution in [1.29, 1.82) is 0 Å². The Bertz CT molecular complexity index is 1380. The first-order chi connectivity index (χ1) is 16.5. The predicted molar refractivity (Wildman–Crippen MR) is 128 cm³/mol. The molecule has 0 aliphatic carbocycles. The van der Waals surface area contributed by atoms with Crippen LogP contribution < -0.4 is 10.3 Å². The number of carbonyl (C=O) groups is 1. The molecule has 34 heavy (non-hydrogen) atoms. The van der Waals surface area contributed by atoms with Crippen LogP contribution in [0.5, 0.6) is 5.75 Å². The molecule has 174 valence electrons. The highest BCUT2D eigenvalue weighted by Crippen LogP contribution is 2.27. The number of hydrogen-bond donors (Lipinski definition) is 1. The van der Waals surface area contributed by atoms with Crippen molar-refractivity contribution in [2.24, 2.45) is 0 Å². The summed E-state index contributed by atoms with van der Waals surface area (Å²) in [5.41, 5.74) is 1.84. The van der Waals surface area contributed by atoms with Crippen LogP contribution in [-0.4, -0.2) is 55.9 Å². The van der Waals surface area contributed by atoms with Crippen LogP contribution in [0.1, 0.15) is 23.2 Å². The maximum absolute atomic E-state index is 13.0. The van der Waals surface area contributed by atoms with Crippen molar-refractivity contribution in [2.45, 2.75) is 25.0 Å². The molecule has 2 aromatic carbocycles. The van der Waals surface area contributed by atoms with Gasteiger partial charge in [-0.05, 0) is 60.4 Å². The zero-order valence-electron chi connectivity index (χ0n) is 18.9. The van der Waals surface area contributed by atoms with Crippen LogP contribution in [0.15, 0.2) is 78.0 Å². The molecule has 1 amide bonds. The first-order valence-corrected chi connectivity index (χ1v) is 11.2. The molecule has 5 rings (SSSR count). The summed E-state index contributed by atoms with van der Waals surface area (Å²) < 4.78 is 8.26. The zero-order valence-corrected chi connectivity index (χ0v) is 18.9. The lowest BCUT2D eigenvalue weighted by atomic mass is 9.91. The van der Waals surface area contributed by atoms with Gasteiger partial charge in [0.1, 0.15) is 17.6 Å². The lowest BCUT2D eigenvalue weighted by Gasteiger charge is -2.38. The maximum Gasteiger partial charge on any atom is 0.277 e. The molecule has 8 nitrogen and oxygen atoms in total. The van der Waals surface area contributed by atoms with Crippen LogP contribution in [-0.2, 0) is 6.54 Å². The van der Waals surface area contributed by atoms with Crippen LogP contribution in [0.3, 0.4) is 0 Å². The summed E-state index contributed by atoms with van der Waals surface area (Å²) in [6.07, 6.45) is 3.94. The molecule has 8 heteroatoms. The van der Waals surface area contributed by atoms with Crippen molar-refractivity contribution >= 4 is 11.4 Å². The van der Waals surface area contributed by atoms with E-state index in [1.54, 1.807) is 30.3 Å². The second kappa shape index (κ2) is 8.79. The van der Waals surface area contributed by atoms with E-state index in [4.69, 9.17) is 4.74 Å². The lowest BCUT2D eigenvalue weighted by molar-refractivity contribution is -0.0300. The molecule has 4 aromatic rings. The Labute approximate surface area is 196 Å². The van der Waals surface area contributed by atoms with Crippen LogP contribution in [0.4, 0.5) is 0 Å². The fourth-order valence-electron chi connectivity index (χ4n) is 4.46. The van der Waals surface area contributed by atoms with Crippen molar-refractivity contribution in [1.82, 2.24) is 19.1 Å². The highest BCUT2D eigenvalue weighted by molar-refractivity contribution is 5.94. The van der Waals surface area contributed by atoms with Gasteiger partial charge in [-0.3, -0.25) is 14.2 Å². The molecule has 1 N–H and O–H groups in total. The summed E-state index contributed by atoms with van der Waals surface area (Å²) in [5.74, 6) is 0.720. The number of hydrogen-bond acceptors (Lipinski definition) is 5. The Morgan fingerprint density at radius 1 is 1.06 bits per heavy atom. The van der Waals surface area contributed by atoms with Gasteiger partial charge in [-0.25, -0.2) is 4.52 Å². The molecular formula is C26H26N4O4. The Balaban J connectivity index is 1.24. The van der Waals surface area contributed by atoms with Crippen molar-refractivity contribution in [2.75, 3.05) is 20.2 Å². The number of rotatable bonds is 5. The summed E-state index contributed by atoms with van der Waals surface area (Å²) in [7, 11) is 1.64. The zero-order chi connectivity index (χ0) is 23.7. The molecule has 2 aromatic heterocycles. The number of piperidine rings is 1. The number of amides is 1. The summed E-state index contributed by atoms with van der Waals surface area (Å²) in [5, 5.41) is 15.3. The number of benzene rings is 2. The molecule has 0 radical (unpaired) electrons.